The minimum atomic E-state index is -4.56. The summed E-state index contributed by atoms with van der Waals surface area (Å²) in [5.74, 6) is -0.386. The molecular weight excluding hydrogens is 694 g/mol. The number of anilines is 2. The number of nitro groups is 1. The maximum absolute atomic E-state index is 13.7. The standard InChI is InChI=1S/C35H41N7O9S/c1-35(2,3)51-34(44)41-14-12-40(13-15-41)25-4-6-28(31(19-25)50-26-18-24-8-11-36-32(24)38-22-26)33(43)39-52(47,48)27-5-7-29(30(20-27)42(45)46)37-21-23-9-16-49-17-10-23/h4-8,11,18-20,22-23,37H,9-10,12-17,21H2,1-3H3,(H,36,38)(H,39,43). The molecule has 4 heterocycles. The van der Waals surface area contributed by atoms with E-state index in [9.17, 15) is 28.1 Å². The number of amides is 2. The fourth-order valence-electron chi connectivity index (χ4n) is 5.98. The first kappa shape index (κ1) is 36.4. The van der Waals surface area contributed by atoms with Gasteiger partial charge in [-0.05, 0) is 75.9 Å². The Morgan fingerprint density at radius 3 is 2.52 bits per heavy atom. The Kier molecular flexibility index (Phi) is 10.5. The van der Waals surface area contributed by atoms with Gasteiger partial charge in [0.25, 0.3) is 21.6 Å². The van der Waals surface area contributed by atoms with E-state index in [0.717, 1.165) is 24.3 Å². The van der Waals surface area contributed by atoms with Crippen LogP contribution in [0.4, 0.5) is 21.9 Å². The van der Waals surface area contributed by atoms with E-state index in [0.29, 0.717) is 63.0 Å². The molecule has 16 nitrogen and oxygen atoms in total. The molecular formula is C35H41N7O9S. The highest BCUT2D eigenvalue weighted by atomic mass is 32.2. The summed E-state index contributed by atoms with van der Waals surface area (Å²) in [6.45, 7) is 8.86. The van der Waals surface area contributed by atoms with Crippen LogP contribution < -0.4 is 19.7 Å². The van der Waals surface area contributed by atoms with Crippen molar-refractivity contribution in [2.24, 2.45) is 5.92 Å². The molecule has 0 spiro atoms. The van der Waals surface area contributed by atoms with Crippen molar-refractivity contribution in [1.29, 1.82) is 0 Å². The second-order valence-electron chi connectivity index (χ2n) is 13.6. The Hall–Kier alpha value is -5.42. The van der Waals surface area contributed by atoms with Crippen molar-refractivity contribution in [3.05, 3.63) is 76.6 Å². The van der Waals surface area contributed by atoms with Gasteiger partial charge in [-0.1, -0.05) is 0 Å². The number of benzene rings is 2. The predicted octanol–water partition coefficient (Wildman–Crippen LogP) is 5.28. The van der Waals surface area contributed by atoms with Gasteiger partial charge in [0.1, 0.15) is 28.4 Å². The number of carbonyl (C=O) groups excluding carboxylic acids is 2. The molecule has 4 aromatic rings. The molecule has 2 aliphatic heterocycles. The van der Waals surface area contributed by atoms with E-state index in [1.54, 1.807) is 35.4 Å². The third-order valence-electron chi connectivity index (χ3n) is 8.73. The fraction of sp³-hybridized carbons (Fsp3) is 0.400. The molecule has 2 aliphatic rings. The Morgan fingerprint density at radius 2 is 1.81 bits per heavy atom. The van der Waals surface area contributed by atoms with Crippen LogP contribution in [0, 0.1) is 16.0 Å². The van der Waals surface area contributed by atoms with Crippen molar-refractivity contribution in [3.63, 3.8) is 0 Å². The molecule has 17 heteroatoms. The van der Waals surface area contributed by atoms with Gasteiger partial charge in [0.15, 0.2) is 0 Å². The molecule has 6 rings (SSSR count). The van der Waals surface area contributed by atoms with Crippen molar-refractivity contribution in [3.8, 4) is 11.5 Å². The fourth-order valence-corrected chi connectivity index (χ4v) is 6.96. The van der Waals surface area contributed by atoms with Crippen LogP contribution in [0.1, 0.15) is 44.0 Å². The third-order valence-corrected chi connectivity index (χ3v) is 10.1. The average molecular weight is 736 g/mol. The van der Waals surface area contributed by atoms with Crippen molar-refractivity contribution in [2.75, 3.05) is 56.2 Å². The number of carbonyl (C=O) groups is 2. The van der Waals surface area contributed by atoms with E-state index >= 15 is 0 Å². The lowest BCUT2D eigenvalue weighted by Crippen LogP contribution is -2.50. The number of nitrogens with one attached hydrogen (secondary N) is 3. The number of hydrogen-bond acceptors (Lipinski definition) is 12. The zero-order chi connectivity index (χ0) is 37.0. The molecule has 0 unspecified atom stereocenters. The number of nitrogens with zero attached hydrogens (tertiary/aromatic N) is 4. The SMILES string of the molecule is CC(C)(C)OC(=O)N1CCN(c2ccc(C(=O)NS(=O)(=O)c3ccc(NCC4CCOCC4)c([N+](=O)[O-])c3)c(Oc3cnc4[nH]ccc4c3)c2)CC1. The van der Waals surface area contributed by atoms with E-state index in [1.807, 2.05) is 30.4 Å². The van der Waals surface area contributed by atoms with Gasteiger partial charge >= 0.3 is 6.09 Å². The predicted molar refractivity (Wildman–Crippen MR) is 192 cm³/mol. The van der Waals surface area contributed by atoms with Crippen LogP contribution in [-0.2, 0) is 19.5 Å². The smallest absolute Gasteiger partial charge is 0.410 e. The van der Waals surface area contributed by atoms with Gasteiger partial charge in [-0.25, -0.2) is 22.9 Å². The summed E-state index contributed by atoms with van der Waals surface area (Å²) in [5.41, 5.74) is 0.324. The first-order valence-corrected chi connectivity index (χ1v) is 18.4. The zero-order valence-corrected chi connectivity index (χ0v) is 29.9. The second kappa shape index (κ2) is 15.1. The van der Waals surface area contributed by atoms with E-state index in [-0.39, 0.29) is 22.9 Å². The maximum Gasteiger partial charge on any atom is 0.410 e. The third kappa shape index (κ3) is 8.71. The topological polar surface area (TPSA) is 198 Å². The van der Waals surface area contributed by atoms with Crippen LogP contribution in [0.15, 0.2) is 65.8 Å². The van der Waals surface area contributed by atoms with Crippen LogP contribution in [0.5, 0.6) is 11.5 Å². The van der Waals surface area contributed by atoms with Gasteiger partial charge in [0.05, 0.1) is 21.6 Å². The minimum Gasteiger partial charge on any atom is -0.455 e. The number of fused-ring (bicyclic) bond motifs is 1. The van der Waals surface area contributed by atoms with E-state index in [1.165, 1.54) is 24.4 Å². The lowest BCUT2D eigenvalue weighted by molar-refractivity contribution is -0.384. The summed E-state index contributed by atoms with van der Waals surface area (Å²) in [6.07, 6.45) is 4.42. The quantitative estimate of drug-likeness (QED) is 0.141. The van der Waals surface area contributed by atoms with Gasteiger partial charge in [0.2, 0.25) is 0 Å². The van der Waals surface area contributed by atoms with Gasteiger partial charge < -0.3 is 34.3 Å². The summed E-state index contributed by atoms with van der Waals surface area (Å²) < 4.78 is 46.1. The van der Waals surface area contributed by atoms with Gasteiger partial charge in [-0.3, -0.25) is 14.9 Å². The highest BCUT2D eigenvalue weighted by molar-refractivity contribution is 7.90. The minimum absolute atomic E-state index is 0.0510. The number of rotatable bonds is 10. The largest absolute Gasteiger partial charge is 0.455 e. The average Bonchev–Trinajstić information content (AvgIpc) is 3.58. The van der Waals surface area contributed by atoms with Gasteiger partial charge in [-0.2, -0.15) is 0 Å². The van der Waals surface area contributed by atoms with Crippen molar-refractivity contribution < 1.29 is 37.1 Å². The number of pyridine rings is 1. The molecule has 2 saturated heterocycles. The van der Waals surface area contributed by atoms with E-state index in [2.05, 4.69) is 15.3 Å². The summed E-state index contributed by atoms with van der Waals surface area (Å²) in [6, 6.07) is 11.7. The van der Waals surface area contributed by atoms with Crippen molar-refractivity contribution in [2.45, 2.75) is 44.1 Å². The van der Waals surface area contributed by atoms with Crippen LogP contribution in [0.3, 0.4) is 0 Å². The molecule has 52 heavy (non-hydrogen) atoms. The van der Waals surface area contributed by atoms with Crippen LogP contribution in [0.2, 0.25) is 0 Å². The summed E-state index contributed by atoms with van der Waals surface area (Å²) in [5, 5.41) is 15.8. The lowest BCUT2D eigenvalue weighted by atomic mass is 10.0. The zero-order valence-electron chi connectivity index (χ0n) is 29.1. The number of piperazine rings is 1. The van der Waals surface area contributed by atoms with Crippen LogP contribution >= 0.6 is 0 Å². The molecule has 3 N–H and O–H groups in total. The molecule has 2 aromatic carbocycles. The van der Waals surface area contributed by atoms with Crippen LogP contribution in [-0.4, -0.2) is 91.7 Å². The molecule has 2 amide bonds. The number of aromatic amines is 1. The Balaban J connectivity index is 1.23. The van der Waals surface area contributed by atoms with E-state index < -0.39 is 43.1 Å². The molecule has 0 aliphatic carbocycles. The summed E-state index contributed by atoms with van der Waals surface area (Å²) in [4.78, 5) is 48.1. The molecule has 2 aromatic heterocycles. The number of ether oxygens (including phenoxy) is 3. The first-order valence-electron chi connectivity index (χ1n) is 16.9. The second-order valence-corrected chi connectivity index (χ2v) is 15.3. The monoisotopic (exact) mass is 735 g/mol. The van der Waals surface area contributed by atoms with Gasteiger partial charge in [-0.15, -0.1) is 0 Å². The molecule has 0 atom stereocenters. The van der Waals surface area contributed by atoms with Crippen molar-refractivity contribution in [1.82, 2.24) is 19.6 Å². The van der Waals surface area contributed by atoms with Crippen molar-refractivity contribution >= 4 is 50.1 Å². The first-order chi connectivity index (χ1) is 24.8. The number of sulfonamides is 1. The van der Waals surface area contributed by atoms with Gasteiger partial charge in [0, 0.05) is 75.3 Å². The number of aromatic nitrogens is 2. The number of nitro benzene ring substituents is 1. The highest BCUT2D eigenvalue weighted by Crippen LogP contribution is 2.33. The summed E-state index contributed by atoms with van der Waals surface area (Å²) in [7, 11) is -4.56. The summed E-state index contributed by atoms with van der Waals surface area (Å²) >= 11 is 0. The number of hydrogen-bond donors (Lipinski definition) is 3. The Morgan fingerprint density at radius 1 is 1.06 bits per heavy atom. The Labute approximate surface area is 300 Å². The molecule has 0 saturated carbocycles. The molecule has 0 radical (unpaired) electrons. The molecule has 0 bridgehead atoms. The molecule has 2 fully saturated rings. The van der Waals surface area contributed by atoms with Crippen LogP contribution in [0.25, 0.3) is 11.0 Å². The number of H-pyrrole nitrogens is 1. The highest BCUT2D eigenvalue weighted by Gasteiger charge is 2.29. The van der Waals surface area contributed by atoms with E-state index in [4.69, 9.17) is 14.2 Å². The maximum atomic E-state index is 13.7. The lowest BCUT2D eigenvalue weighted by Gasteiger charge is -2.37. The Bertz CT molecular complexity index is 2070. The molecule has 276 valence electrons. The normalized spacial score (nSPS) is 15.7.